The van der Waals surface area contributed by atoms with Crippen LogP contribution >= 0.6 is 0 Å². The average molecular weight is 334 g/mol. The molecule has 1 aliphatic rings. The molecule has 130 valence electrons. The SMILES string of the molecule is Cc1cc(C(F)(F)F)nn1CC(=O)NCCCN1CCOCC1. The molecule has 23 heavy (non-hydrogen) atoms. The van der Waals surface area contributed by atoms with Crippen molar-refractivity contribution >= 4 is 5.91 Å². The lowest BCUT2D eigenvalue weighted by Crippen LogP contribution is -2.38. The molecule has 0 spiro atoms. The van der Waals surface area contributed by atoms with Crippen LogP contribution in [-0.4, -0.2) is 60.0 Å². The van der Waals surface area contributed by atoms with E-state index in [2.05, 4.69) is 15.3 Å². The molecule has 1 aromatic heterocycles. The van der Waals surface area contributed by atoms with Crippen LogP contribution in [0.5, 0.6) is 0 Å². The van der Waals surface area contributed by atoms with Gasteiger partial charge in [-0.25, -0.2) is 0 Å². The van der Waals surface area contributed by atoms with Crippen molar-refractivity contribution in [2.45, 2.75) is 26.1 Å². The molecule has 1 amide bonds. The number of halogens is 3. The van der Waals surface area contributed by atoms with E-state index in [0.717, 1.165) is 50.0 Å². The Hall–Kier alpha value is -1.61. The number of carbonyl (C=O) groups excluding carboxylic acids is 1. The molecule has 1 N–H and O–H groups in total. The van der Waals surface area contributed by atoms with Gasteiger partial charge < -0.3 is 10.1 Å². The zero-order chi connectivity index (χ0) is 16.9. The van der Waals surface area contributed by atoms with E-state index in [1.807, 2.05) is 0 Å². The minimum absolute atomic E-state index is 0.209. The maximum atomic E-state index is 12.6. The molecule has 0 bridgehead atoms. The third kappa shape index (κ3) is 5.51. The summed E-state index contributed by atoms with van der Waals surface area (Å²) in [4.78, 5) is 14.0. The number of alkyl halides is 3. The Balaban J connectivity index is 1.71. The minimum Gasteiger partial charge on any atom is -0.379 e. The molecule has 2 heterocycles. The lowest BCUT2D eigenvalue weighted by atomic mass is 10.3. The molecular weight excluding hydrogens is 313 g/mol. The Bertz CT molecular complexity index is 525. The van der Waals surface area contributed by atoms with Crippen molar-refractivity contribution in [1.29, 1.82) is 0 Å². The van der Waals surface area contributed by atoms with Gasteiger partial charge in [-0.1, -0.05) is 0 Å². The Morgan fingerprint density at radius 1 is 1.39 bits per heavy atom. The van der Waals surface area contributed by atoms with E-state index in [1.165, 1.54) is 6.92 Å². The van der Waals surface area contributed by atoms with Gasteiger partial charge in [-0.2, -0.15) is 18.3 Å². The number of nitrogens with zero attached hydrogens (tertiary/aromatic N) is 3. The first-order chi connectivity index (χ1) is 10.9. The van der Waals surface area contributed by atoms with E-state index in [1.54, 1.807) is 0 Å². The van der Waals surface area contributed by atoms with Gasteiger partial charge in [-0.05, 0) is 26.0 Å². The molecule has 9 heteroatoms. The predicted molar refractivity (Wildman–Crippen MR) is 76.9 cm³/mol. The summed E-state index contributed by atoms with van der Waals surface area (Å²) in [5, 5.41) is 6.14. The van der Waals surface area contributed by atoms with E-state index in [9.17, 15) is 18.0 Å². The van der Waals surface area contributed by atoms with Crippen LogP contribution in [0.15, 0.2) is 6.07 Å². The first-order valence-electron chi connectivity index (χ1n) is 7.55. The number of aryl methyl sites for hydroxylation is 1. The number of hydrogen-bond acceptors (Lipinski definition) is 4. The molecule has 0 aromatic carbocycles. The Kier molecular flexibility index (Phi) is 6.00. The van der Waals surface area contributed by atoms with E-state index in [-0.39, 0.29) is 12.5 Å². The Labute approximate surface area is 132 Å². The highest BCUT2D eigenvalue weighted by Gasteiger charge is 2.34. The number of carbonyl (C=O) groups is 1. The van der Waals surface area contributed by atoms with Gasteiger partial charge in [0.2, 0.25) is 5.91 Å². The minimum atomic E-state index is -4.50. The fourth-order valence-corrected chi connectivity index (χ4v) is 2.36. The van der Waals surface area contributed by atoms with Gasteiger partial charge in [0, 0.05) is 25.3 Å². The topological polar surface area (TPSA) is 59.4 Å². The summed E-state index contributed by atoms with van der Waals surface area (Å²) in [6.07, 6.45) is -3.71. The monoisotopic (exact) mass is 334 g/mol. The number of aromatic nitrogens is 2. The molecule has 0 unspecified atom stereocenters. The lowest BCUT2D eigenvalue weighted by molar-refractivity contribution is -0.141. The Morgan fingerprint density at radius 3 is 2.70 bits per heavy atom. The first-order valence-corrected chi connectivity index (χ1v) is 7.55. The number of nitrogens with one attached hydrogen (secondary N) is 1. The molecule has 6 nitrogen and oxygen atoms in total. The molecule has 1 aromatic rings. The molecule has 0 aliphatic carbocycles. The fraction of sp³-hybridized carbons (Fsp3) is 0.714. The molecule has 0 radical (unpaired) electrons. The normalized spacial score (nSPS) is 16.5. The van der Waals surface area contributed by atoms with E-state index >= 15 is 0 Å². The third-order valence-corrected chi connectivity index (χ3v) is 3.64. The Morgan fingerprint density at radius 2 is 2.09 bits per heavy atom. The second-order valence-corrected chi connectivity index (χ2v) is 5.48. The molecular formula is C14H21F3N4O2. The van der Waals surface area contributed by atoms with Crippen molar-refractivity contribution < 1.29 is 22.7 Å². The van der Waals surface area contributed by atoms with Crippen LogP contribution in [0.3, 0.4) is 0 Å². The number of hydrogen-bond donors (Lipinski definition) is 1. The van der Waals surface area contributed by atoms with Gasteiger partial charge in [-0.15, -0.1) is 0 Å². The highest BCUT2D eigenvalue weighted by atomic mass is 19.4. The van der Waals surface area contributed by atoms with Gasteiger partial charge in [-0.3, -0.25) is 14.4 Å². The van der Waals surface area contributed by atoms with Crippen molar-refractivity contribution in [3.05, 3.63) is 17.5 Å². The number of ether oxygens (including phenoxy) is 1. The number of morpholine rings is 1. The summed E-state index contributed by atoms with van der Waals surface area (Å²) >= 11 is 0. The highest BCUT2D eigenvalue weighted by Crippen LogP contribution is 2.28. The van der Waals surface area contributed by atoms with Crippen LogP contribution in [0.25, 0.3) is 0 Å². The largest absolute Gasteiger partial charge is 0.435 e. The second-order valence-electron chi connectivity index (χ2n) is 5.48. The van der Waals surface area contributed by atoms with E-state index in [0.29, 0.717) is 12.2 Å². The van der Waals surface area contributed by atoms with Crippen LogP contribution in [0.2, 0.25) is 0 Å². The van der Waals surface area contributed by atoms with Gasteiger partial charge in [0.25, 0.3) is 0 Å². The molecule has 1 saturated heterocycles. The number of rotatable bonds is 6. The van der Waals surface area contributed by atoms with Crippen LogP contribution in [-0.2, 0) is 22.3 Å². The summed E-state index contributed by atoms with van der Waals surface area (Å²) in [6, 6.07) is 0.936. The summed E-state index contributed by atoms with van der Waals surface area (Å²) in [7, 11) is 0. The van der Waals surface area contributed by atoms with Crippen molar-refractivity contribution in [3.63, 3.8) is 0 Å². The zero-order valence-corrected chi connectivity index (χ0v) is 13.0. The van der Waals surface area contributed by atoms with Gasteiger partial charge >= 0.3 is 6.18 Å². The summed E-state index contributed by atoms with van der Waals surface area (Å²) in [6.45, 7) is 5.87. The second kappa shape index (κ2) is 7.78. The molecule has 2 rings (SSSR count). The highest BCUT2D eigenvalue weighted by molar-refractivity contribution is 5.75. The molecule has 0 atom stereocenters. The maximum absolute atomic E-state index is 12.6. The average Bonchev–Trinajstić information content (AvgIpc) is 2.86. The summed E-state index contributed by atoms with van der Waals surface area (Å²) in [5.74, 6) is -0.341. The van der Waals surface area contributed by atoms with Gasteiger partial charge in [0.1, 0.15) is 6.54 Å². The van der Waals surface area contributed by atoms with Crippen molar-refractivity contribution in [1.82, 2.24) is 20.0 Å². The lowest BCUT2D eigenvalue weighted by Gasteiger charge is -2.26. The van der Waals surface area contributed by atoms with Crippen LogP contribution < -0.4 is 5.32 Å². The summed E-state index contributed by atoms with van der Waals surface area (Å²) in [5.41, 5.74) is -0.670. The quantitative estimate of drug-likeness (QED) is 0.790. The fourth-order valence-electron chi connectivity index (χ4n) is 2.36. The van der Waals surface area contributed by atoms with Gasteiger partial charge in [0.05, 0.1) is 13.2 Å². The third-order valence-electron chi connectivity index (χ3n) is 3.64. The van der Waals surface area contributed by atoms with Crippen molar-refractivity contribution in [2.24, 2.45) is 0 Å². The molecule has 1 aliphatic heterocycles. The van der Waals surface area contributed by atoms with Crippen LogP contribution in [0, 0.1) is 6.92 Å². The van der Waals surface area contributed by atoms with Crippen molar-refractivity contribution in [3.8, 4) is 0 Å². The van der Waals surface area contributed by atoms with E-state index in [4.69, 9.17) is 4.74 Å². The zero-order valence-electron chi connectivity index (χ0n) is 13.0. The predicted octanol–water partition coefficient (Wildman–Crippen LogP) is 1.05. The van der Waals surface area contributed by atoms with Crippen molar-refractivity contribution in [2.75, 3.05) is 39.4 Å². The van der Waals surface area contributed by atoms with Gasteiger partial charge in [0.15, 0.2) is 5.69 Å². The van der Waals surface area contributed by atoms with Crippen LogP contribution in [0.4, 0.5) is 13.2 Å². The molecule has 1 fully saturated rings. The molecule has 0 saturated carbocycles. The standard InChI is InChI=1S/C14H21F3N4O2/c1-11-9-12(14(15,16)17)19-21(11)10-13(22)18-3-2-4-20-5-7-23-8-6-20/h9H,2-8,10H2,1H3,(H,18,22). The number of amides is 1. The summed E-state index contributed by atoms with van der Waals surface area (Å²) < 4.78 is 44.0. The maximum Gasteiger partial charge on any atom is 0.435 e. The van der Waals surface area contributed by atoms with Crippen LogP contribution in [0.1, 0.15) is 17.8 Å². The smallest absolute Gasteiger partial charge is 0.379 e. The van der Waals surface area contributed by atoms with E-state index < -0.39 is 11.9 Å². The first kappa shape index (κ1) is 17.7.